The molecule has 0 aromatic rings. The van der Waals surface area contributed by atoms with Crippen LogP contribution in [0, 0.1) is 0 Å². The maximum Gasteiger partial charge on any atom is 0.305 e. The van der Waals surface area contributed by atoms with Gasteiger partial charge in [0.2, 0.25) is 0 Å². The Kier molecular flexibility index (Phi) is 3.70. The molecule has 1 N–H and O–H groups in total. The maximum absolute atomic E-state index is 11.1. The number of carboxylic acids is 1. The maximum atomic E-state index is 11.1. The first kappa shape index (κ1) is 12.8. The van der Waals surface area contributed by atoms with Gasteiger partial charge in [-0.05, 0) is 27.1 Å². The molecule has 0 amide bonds. The molecule has 98 valence electrons. The molecule has 2 aliphatic rings. The Morgan fingerprint density at radius 2 is 1.76 bits per heavy atom. The predicted molar refractivity (Wildman–Crippen MR) is 66.2 cm³/mol. The van der Waals surface area contributed by atoms with Crippen LogP contribution in [0.2, 0.25) is 0 Å². The van der Waals surface area contributed by atoms with Crippen LogP contribution in [0.15, 0.2) is 0 Å². The molecule has 2 rings (SSSR count). The van der Waals surface area contributed by atoms with Crippen molar-refractivity contribution in [1.29, 1.82) is 0 Å². The smallest absolute Gasteiger partial charge is 0.305 e. The first-order chi connectivity index (χ1) is 8.02. The van der Waals surface area contributed by atoms with Gasteiger partial charge in [-0.3, -0.25) is 9.69 Å². The van der Waals surface area contributed by atoms with Crippen molar-refractivity contribution >= 4 is 5.97 Å². The van der Waals surface area contributed by atoms with Crippen molar-refractivity contribution in [2.24, 2.45) is 0 Å². The number of likely N-dealkylation sites (N-methyl/N-ethyl adjacent to an activating group) is 2. The highest BCUT2D eigenvalue weighted by atomic mass is 16.4. The summed E-state index contributed by atoms with van der Waals surface area (Å²) in [6, 6.07) is 0. The lowest BCUT2D eigenvalue weighted by molar-refractivity contribution is -0.140. The van der Waals surface area contributed by atoms with E-state index in [9.17, 15) is 4.79 Å². The number of likely N-dealkylation sites (tertiary alicyclic amines) is 1. The van der Waals surface area contributed by atoms with E-state index in [0.29, 0.717) is 0 Å². The molecule has 0 aromatic heterocycles. The van der Waals surface area contributed by atoms with Crippen LogP contribution in [-0.4, -0.2) is 84.7 Å². The minimum atomic E-state index is -0.667. The van der Waals surface area contributed by atoms with Gasteiger partial charge < -0.3 is 14.9 Å². The Balaban J connectivity index is 2.07. The molecule has 2 fully saturated rings. The van der Waals surface area contributed by atoms with Crippen molar-refractivity contribution in [2.45, 2.75) is 18.4 Å². The first-order valence-corrected chi connectivity index (χ1v) is 6.36. The Bertz CT molecular complexity index is 289. The lowest BCUT2D eigenvalue weighted by atomic mass is 9.91. The molecule has 2 aliphatic heterocycles. The molecule has 1 unspecified atom stereocenters. The SMILES string of the molecule is CN1CCN(C2(CC(=O)O)CCN(C)C2)CC1. The average molecular weight is 241 g/mol. The highest BCUT2D eigenvalue weighted by Gasteiger charge is 2.44. The monoisotopic (exact) mass is 241 g/mol. The van der Waals surface area contributed by atoms with Crippen molar-refractivity contribution in [2.75, 3.05) is 53.4 Å². The van der Waals surface area contributed by atoms with Crippen LogP contribution in [0.1, 0.15) is 12.8 Å². The van der Waals surface area contributed by atoms with Crippen LogP contribution < -0.4 is 0 Å². The van der Waals surface area contributed by atoms with E-state index >= 15 is 0 Å². The van der Waals surface area contributed by atoms with Crippen LogP contribution >= 0.6 is 0 Å². The van der Waals surface area contributed by atoms with E-state index in [2.05, 4.69) is 28.8 Å². The minimum absolute atomic E-state index is 0.123. The molecule has 0 aromatic carbocycles. The number of hydrogen-bond acceptors (Lipinski definition) is 4. The van der Waals surface area contributed by atoms with Gasteiger partial charge in [0.25, 0.3) is 0 Å². The Labute approximate surface area is 103 Å². The van der Waals surface area contributed by atoms with Crippen LogP contribution in [0.5, 0.6) is 0 Å². The summed E-state index contributed by atoms with van der Waals surface area (Å²) in [6.45, 7) is 5.99. The summed E-state index contributed by atoms with van der Waals surface area (Å²) in [5, 5.41) is 9.15. The van der Waals surface area contributed by atoms with Gasteiger partial charge in [-0.25, -0.2) is 0 Å². The van der Waals surface area contributed by atoms with Gasteiger partial charge in [0.05, 0.1) is 6.42 Å². The Hall–Kier alpha value is -0.650. The lowest BCUT2D eigenvalue weighted by Crippen LogP contribution is -2.58. The molecule has 5 heteroatoms. The van der Waals surface area contributed by atoms with E-state index in [1.165, 1.54) is 0 Å². The summed E-state index contributed by atoms with van der Waals surface area (Å²) in [6.07, 6.45) is 1.26. The van der Waals surface area contributed by atoms with E-state index in [-0.39, 0.29) is 12.0 Å². The summed E-state index contributed by atoms with van der Waals surface area (Å²) in [4.78, 5) is 18.1. The fourth-order valence-corrected chi connectivity index (χ4v) is 3.14. The molecular formula is C12H23N3O2. The Morgan fingerprint density at radius 1 is 1.12 bits per heavy atom. The standard InChI is InChI=1S/C12H23N3O2/c1-13-5-7-15(8-6-13)12(9-11(16)17)3-4-14(2)10-12/h3-10H2,1-2H3,(H,16,17). The number of hydrogen-bond donors (Lipinski definition) is 1. The van der Waals surface area contributed by atoms with Crippen LogP contribution in [-0.2, 0) is 4.79 Å². The molecule has 2 saturated heterocycles. The summed E-state index contributed by atoms with van der Waals surface area (Å²) in [5.74, 6) is -0.667. The molecule has 2 heterocycles. The van der Waals surface area contributed by atoms with E-state index in [0.717, 1.165) is 45.7 Å². The summed E-state index contributed by atoms with van der Waals surface area (Å²) >= 11 is 0. The topological polar surface area (TPSA) is 47.0 Å². The molecule has 1 atom stereocenters. The van der Waals surface area contributed by atoms with Crippen LogP contribution in [0.4, 0.5) is 0 Å². The fraction of sp³-hybridized carbons (Fsp3) is 0.917. The molecule has 0 aliphatic carbocycles. The van der Waals surface area contributed by atoms with Crippen molar-refractivity contribution in [3.8, 4) is 0 Å². The minimum Gasteiger partial charge on any atom is -0.481 e. The number of rotatable bonds is 3. The Morgan fingerprint density at radius 3 is 2.24 bits per heavy atom. The van der Waals surface area contributed by atoms with Gasteiger partial charge >= 0.3 is 5.97 Å². The van der Waals surface area contributed by atoms with Gasteiger partial charge in [-0.1, -0.05) is 0 Å². The number of piperazine rings is 1. The van der Waals surface area contributed by atoms with Crippen LogP contribution in [0.3, 0.4) is 0 Å². The first-order valence-electron chi connectivity index (χ1n) is 6.36. The second-order valence-electron chi connectivity index (χ2n) is 5.57. The third-order valence-corrected chi connectivity index (χ3v) is 4.18. The number of carboxylic acid groups (broad SMARTS) is 1. The second-order valence-corrected chi connectivity index (χ2v) is 5.57. The highest BCUT2D eigenvalue weighted by molar-refractivity contribution is 5.68. The van der Waals surface area contributed by atoms with E-state index in [1.54, 1.807) is 0 Å². The van der Waals surface area contributed by atoms with E-state index < -0.39 is 5.97 Å². The number of carbonyl (C=O) groups is 1. The quantitative estimate of drug-likeness (QED) is 0.740. The molecule has 0 bridgehead atoms. The zero-order valence-electron chi connectivity index (χ0n) is 10.9. The summed E-state index contributed by atoms with van der Waals surface area (Å²) in [7, 11) is 4.21. The van der Waals surface area contributed by atoms with Crippen LogP contribution in [0.25, 0.3) is 0 Å². The third kappa shape index (κ3) is 2.78. The van der Waals surface area contributed by atoms with Crippen molar-refractivity contribution in [1.82, 2.24) is 14.7 Å². The molecule has 0 saturated carbocycles. The van der Waals surface area contributed by atoms with Crippen molar-refractivity contribution < 1.29 is 9.90 Å². The molecule has 0 spiro atoms. The third-order valence-electron chi connectivity index (χ3n) is 4.18. The largest absolute Gasteiger partial charge is 0.481 e. The van der Waals surface area contributed by atoms with Gasteiger partial charge in [0.15, 0.2) is 0 Å². The summed E-state index contributed by atoms with van der Waals surface area (Å²) in [5.41, 5.74) is -0.123. The predicted octanol–water partition coefficient (Wildman–Crippen LogP) is -0.217. The molecule has 5 nitrogen and oxygen atoms in total. The van der Waals surface area contributed by atoms with E-state index in [4.69, 9.17) is 5.11 Å². The van der Waals surface area contributed by atoms with Gasteiger partial charge in [0.1, 0.15) is 0 Å². The normalized spacial score (nSPS) is 33.1. The zero-order valence-corrected chi connectivity index (χ0v) is 10.9. The second kappa shape index (κ2) is 4.92. The highest BCUT2D eigenvalue weighted by Crippen LogP contribution is 2.31. The van der Waals surface area contributed by atoms with Crippen molar-refractivity contribution in [3.63, 3.8) is 0 Å². The average Bonchev–Trinajstić information content (AvgIpc) is 2.61. The fourth-order valence-electron chi connectivity index (χ4n) is 3.14. The zero-order chi connectivity index (χ0) is 12.5. The van der Waals surface area contributed by atoms with Crippen molar-refractivity contribution in [3.05, 3.63) is 0 Å². The van der Waals surface area contributed by atoms with Gasteiger partial charge in [0, 0.05) is 38.3 Å². The number of aliphatic carboxylic acids is 1. The lowest BCUT2D eigenvalue weighted by Gasteiger charge is -2.44. The number of nitrogens with zero attached hydrogens (tertiary/aromatic N) is 3. The van der Waals surface area contributed by atoms with Gasteiger partial charge in [-0.2, -0.15) is 0 Å². The summed E-state index contributed by atoms with van der Waals surface area (Å²) < 4.78 is 0. The molecule has 0 radical (unpaired) electrons. The molecule has 17 heavy (non-hydrogen) atoms. The molecular weight excluding hydrogens is 218 g/mol. The van der Waals surface area contributed by atoms with Gasteiger partial charge in [-0.15, -0.1) is 0 Å². The van der Waals surface area contributed by atoms with E-state index in [1.807, 2.05) is 0 Å².